The highest BCUT2D eigenvalue weighted by molar-refractivity contribution is 5.94. The Labute approximate surface area is 158 Å². The van der Waals surface area contributed by atoms with Gasteiger partial charge < -0.3 is 9.64 Å². The maximum absolute atomic E-state index is 13.1. The first-order valence-corrected chi connectivity index (χ1v) is 9.11. The number of carbonyl (C=O) groups is 1. The molecule has 138 valence electrons. The number of rotatable bonds is 5. The monoisotopic (exact) mass is 362 g/mol. The molecule has 0 bridgehead atoms. The Balaban J connectivity index is 1.48. The summed E-state index contributed by atoms with van der Waals surface area (Å²) in [4.78, 5) is 19.0. The summed E-state index contributed by atoms with van der Waals surface area (Å²) < 4.78 is 6.99. The number of methoxy groups -OCH3 is 1. The minimum Gasteiger partial charge on any atom is -0.497 e. The molecule has 0 saturated carbocycles. The Morgan fingerprint density at radius 2 is 1.93 bits per heavy atom. The fraction of sp³-hybridized carbons (Fsp3) is 0.286. The van der Waals surface area contributed by atoms with Gasteiger partial charge in [-0.2, -0.15) is 5.10 Å². The molecule has 1 aromatic heterocycles. The van der Waals surface area contributed by atoms with Gasteiger partial charge in [0, 0.05) is 12.1 Å². The number of carbonyl (C=O) groups excluding carboxylic acids is 1. The molecule has 0 unspecified atom stereocenters. The SMILES string of the molecule is COc1ccc([C@@H]2CCCN2C(=O)c2ccc(Cn3cncn3)cc2)cc1. The van der Waals surface area contributed by atoms with Gasteiger partial charge in [0.1, 0.15) is 18.4 Å². The van der Waals surface area contributed by atoms with E-state index in [1.807, 2.05) is 41.3 Å². The van der Waals surface area contributed by atoms with Gasteiger partial charge in [-0.05, 0) is 48.2 Å². The third-order valence-corrected chi connectivity index (χ3v) is 5.03. The van der Waals surface area contributed by atoms with Gasteiger partial charge in [0.25, 0.3) is 5.91 Å². The first kappa shape index (κ1) is 17.3. The van der Waals surface area contributed by atoms with Crippen LogP contribution in [-0.2, 0) is 6.54 Å². The van der Waals surface area contributed by atoms with Crippen LogP contribution in [0.3, 0.4) is 0 Å². The van der Waals surface area contributed by atoms with Crippen molar-refractivity contribution >= 4 is 5.91 Å². The highest BCUT2D eigenvalue weighted by Crippen LogP contribution is 2.33. The topological polar surface area (TPSA) is 60.2 Å². The molecule has 1 aliphatic rings. The smallest absolute Gasteiger partial charge is 0.254 e. The van der Waals surface area contributed by atoms with Crippen molar-refractivity contribution < 1.29 is 9.53 Å². The molecular formula is C21H22N4O2. The minimum absolute atomic E-state index is 0.0839. The molecule has 1 fully saturated rings. The van der Waals surface area contributed by atoms with Crippen molar-refractivity contribution in [1.82, 2.24) is 19.7 Å². The Morgan fingerprint density at radius 1 is 1.15 bits per heavy atom. The van der Waals surface area contributed by atoms with E-state index in [9.17, 15) is 4.79 Å². The van der Waals surface area contributed by atoms with Gasteiger partial charge in [-0.15, -0.1) is 0 Å². The van der Waals surface area contributed by atoms with E-state index in [1.165, 1.54) is 6.33 Å². The number of ether oxygens (including phenoxy) is 1. The zero-order chi connectivity index (χ0) is 18.6. The molecule has 1 aliphatic heterocycles. The second-order valence-electron chi connectivity index (χ2n) is 6.72. The number of hydrogen-bond acceptors (Lipinski definition) is 4. The highest BCUT2D eigenvalue weighted by atomic mass is 16.5. The summed E-state index contributed by atoms with van der Waals surface area (Å²) in [5, 5.41) is 4.11. The van der Waals surface area contributed by atoms with Crippen LogP contribution in [0.15, 0.2) is 61.2 Å². The van der Waals surface area contributed by atoms with Crippen LogP contribution < -0.4 is 4.74 Å². The molecule has 1 amide bonds. The molecule has 6 heteroatoms. The lowest BCUT2D eigenvalue weighted by Gasteiger charge is -2.25. The molecule has 1 saturated heterocycles. The Bertz CT molecular complexity index is 889. The molecule has 27 heavy (non-hydrogen) atoms. The minimum atomic E-state index is 0.0839. The molecular weight excluding hydrogens is 340 g/mol. The van der Waals surface area contributed by atoms with E-state index < -0.39 is 0 Å². The van der Waals surface area contributed by atoms with Crippen LogP contribution >= 0.6 is 0 Å². The summed E-state index contributed by atoms with van der Waals surface area (Å²) in [5.41, 5.74) is 2.97. The van der Waals surface area contributed by atoms with Gasteiger partial charge in [0.2, 0.25) is 0 Å². The normalized spacial score (nSPS) is 16.5. The van der Waals surface area contributed by atoms with Crippen molar-refractivity contribution in [3.8, 4) is 5.75 Å². The number of amides is 1. The lowest BCUT2D eigenvalue weighted by Crippen LogP contribution is -2.30. The van der Waals surface area contributed by atoms with E-state index in [2.05, 4.69) is 22.2 Å². The van der Waals surface area contributed by atoms with Gasteiger partial charge in [-0.25, -0.2) is 9.67 Å². The highest BCUT2D eigenvalue weighted by Gasteiger charge is 2.30. The summed E-state index contributed by atoms with van der Waals surface area (Å²) in [7, 11) is 1.66. The van der Waals surface area contributed by atoms with Gasteiger partial charge in [-0.3, -0.25) is 4.79 Å². The van der Waals surface area contributed by atoms with E-state index in [4.69, 9.17) is 4.74 Å². The van der Waals surface area contributed by atoms with Crippen molar-refractivity contribution in [2.45, 2.75) is 25.4 Å². The molecule has 6 nitrogen and oxygen atoms in total. The van der Waals surface area contributed by atoms with Crippen LogP contribution in [0, 0.1) is 0 Å². The van der Waals surface area contributed by atoms with Crippen LogP contribution in [0.2, 0.25) is 0 Å². The van der Waals surface area contributed by atoms with Gasteiger partial charge in [0.15, 0.2) is 0 Å². The predicted molar refractivity (Wildman–Crippen MR) is 102 cm³/mol. The molecule has 2 aromatic carbocycles. The predicted octanol–water partition coefficient (Wildman–Crippen LogP) is 3.31. The van der Waals surface area contributed by atoms with Crippen LogP contribution in [-0.4, -0.2) is 39.2 Å². The van der Waals surface area contributed by atoms with Crippen molar-refractivity contribution in [3.63, 3.8) is 0 Å². The molecule has 0 aliphatic carbocycles. The average molecular weight is 362 g/mol. The lowest BCUT2D eigenvalue weighted by atomic mass is 10.0. The van der Waals surface area contributed by atoms with E-state index in [0.29, 0.717) is 6.54 Å². The van der Waals surface area contributed by atoms with Crippen LogP contribution in [0.25, 0.3) is 0 Å². The third kappa shape index (κ3) is 3.69. The maximum Gasteiger partial charge on any atom is 0.254 e. The van der Waals surface area contributed by atoms with Gasteiger partial charge in [-0.1, -0.05) is 24.3 Å². The largest absolute Gasteiger partial charge is 0.497 e. The summed E-state index contributed by atoms with van der Waals surface area (Å²) in [6.07, 6.45) is 5.21. The number of nitrogens with zero attached hydrogens (tertiary/aromatic N) is 4. The maximum atomic E-state index is 13.1. The standard InChI is InChI=1S/C21H22N4O2/c1-27-19-10-8-17(9-11-19)20-3-2-12-25(20)21(26)18-6-4-16(5-7-18)13-24-15-22-14-23-24/h4-11,14-15,20H,2-3,12-13H2,1H3/t20-/m0/s1. The molecule has 1 atom stereocenters. The first-order chi connectivity index (χ1) is 13.2. The molecule has 2 heterocycles. The van der Waals surface area contributed by atoms with E-state index in [1.54, 1.807) is 18.1 Å². The Kier molecular flexibility index (Phi) is 4.87. The number of likely N-dealkylation sites (tertiary alicyclic amines) is 1. The number of benzene rings is 2. The summed E-state index contributed by atoms with van der Waals surface area (Å²) in [5.74, 6) is 0.915. The van der Waals surface area contributed by atoms with Gasteiger partial charge >= 0.3 is 0 Å². The van der Waals surface area contributed by atoms with Crippen molar-refractivity contribution in [1.29, 1.82) is 0 Å². The molecule has 0 spiro atoms. The quantitative estimate of drug-likeness (QED) is 0.699. The number of aromatic nitrogens is 3. The summed E-state index contributed by atoms with van der Waals surface area (Å²) in [6, 6.07) is 15.9. The third-order valence-electron chi connectivity index (χ3n) is 5.03. The van der Waals surface area contributed by atoms with Crippen LogP contribution in [0.1, 0.15) is 40.4 Å². The Morgan fingerprint density at radius 3 is 2.59 bits per heavy atom. The lowest BCUT2D eigenvalue weighted by molar-refractivity contribution is 0.0735. The fourth-order valence-electron chi connectivity index (χ4n) is 3.60. The van der Waals surface area contributed by atoms with Crippen LogP contribution in [0.5, 0.6) is 5.75 Å². The van der Waals surface area contributed by atoms with Crippen molar-refractivity contribution in [3.05, 3.63) is 77.9 Å². The molecule has 0 N–H and O–H groups in total. The Hall–Kier alpha value is -3.15. The van der Waals surface area contributed by atoms with Crippen molar-refractivity contribution in [2.75, 3.05) is 13.7 Å². The van der Waals surface area contributed by atoms with E-state index in [-0.39, 0.29) is 11.9 Å². The zero-order valence-corrected chi connectivity index (χ0v) is 15.3. The van der Waals surface area contributed by atoms with Gasteiger partial charge in [0.05, 0.1) is 19.7 Å². The summed E-state index contributed by atoms with van der Waals surface area (Å²) in [6.45, 7) is 1.43. The van der Waals surface area contributed by atoms with Crippen molar-refractivity contribution in [2.24, 2.45) is 0 Å². The van der Waals surface area contributed by atoms with E-state index in [0.717, 1.165) is 41.8 Å². The molecule has 0 radical (unpaired) electrons. The number of hydrogen-bond donors (Lipinski definition) is 0. The van der Waals surface area contributed by atoms with Crippen LogP contribution in [0.4, 0.5) is 0 Å². The second kappa shape index (κ2) is 7.61. The van der Waals surface area contributed by atoms with E-state index >= 15 is 0 Å². The zero-order valence-electron chi connectivity index (χ0n) is 15.3. The average Bonchev–Trinajstić information content (AvgIpc) is 3.40. The fourth-order valence-corrected chi connectivity index (χ4v) is 3.60. The first-order valence-electron chi connectivity index (χ1n) is 9.11. The summed E-state index contributed by atoms with van der Waals surface area (Å²) >= 11 is 0. The molecule has 3 aromatic rings. The second-order valence-corrected chi connectivity index (χ2v) is 6.72. The molecule has 4 rings (SSSR count).